The van der Waals surface area contributed by atoms with E-state index in [9.17, 15) is 14.9 Å². The van der Waals surface area contributed by atoms with Crippen molar-refractivity contribution in [3.63, 3.8) is 0 Å². The van der Waals surface area contributed by atoms with Crippen LogP contribution in [0.5, 0.6) is 11.5 Å². The van der Waals surface area contributed by atoms with Crippen LogP contribution in [-0.4, -0.2) is 34.5 Å². The van der Waals surface area contributed by atoms with E-state index >= 15 is 0 Å². The third-order valence-corrected chi connectivity index (χ3v) is 4.98. The van der Waals surface area contributed by atoms with E-state index in [2.05, 4.69) is 5.32 Å². The van der Waals surface area contributed by atoms with Gasteiger partial charge in [0, 0.05) is 23.7 Å². The van der Waals surface area contributed by atoms with Gasteiger partial charge in [-0.05, 0) is 62.0 Å². The van der Waals surface area contributed by atoms with Gasteiger partial charge in [-0.1, -0.05) is 6.07 Å². The quantitative estimate of drug-likeness (QED) is 0.312. The van der Waals surface area contributed by atoms with Gasteiger partial charge in [0.05, 0.1) is 12.0 Å². The molecule has 0 radical (unpaired) electrons. The lowest BCUT2D eigenvalue weighted by molar-refractivity contribution is -0.385. The normalized spacial score (nSPS) is 14.8. The van der Waals surface area contributed by atoms with Crippen molar-refractivity contribution in [1.82, 2.24) is 10.2 Å². The molecule has 8 nitrogen and oxygen atoms in total. The summed E-state index contributed by atoms with van der Waals surface area (Å²) in [6.45, 7) is 4.21. The molecule has 1 aliphatic heterocycles. The number of carbonyl (C=O) groups excluding carboxylic acids is 1. The van der Waals surface area contributed by atoms with Gasteiger partial charge in [-0.3, -0.25) is 19.8 Å². The number of rotatable bonds is 7. The smallest absolute Gasteiger partial charge is 0.276 e. The van der Waals surface area contributed by atoms with Crippen molar-refractivity contribution >= 4 is 35.0 Å². The summed E-state index contributed by atoms with van der Waals surface area (Å²) in [4.78, 5) is 24.4. The molecule has 0 bridgehead atoms. The predicted molar refractivity (Wildman–Crippen MR) is 116 cm³/mol. The van der Waals surface area contributed by atoms with E-state index < -0.39 is 4.92 Å². The van der Waals surface area contributed by atoms with Crippen molar-refractivity contribution in [1.29, 1.82) is 0 Å². The van der Waals surface area contributed by atoms with E-state index in [1.54, 1.807) is 38.3 Å². The number of nitrogens with zero attached hydrogens (tertiary/aromatic N) is 2. The number of nitro benzene ring substituents is 1. The first-order valence-corrected chi connectivity index (χ1v) is 9.64. The van der Waals surface area contributed by atoms with E-state index in [1.165, 1.54) is 11.0 Å². The molecule has 3 rings (SSSR count). The molecule has 156 valence electrons. The Morgan fingerprint density at radius 2 is 2.03 bits per heavy atom. The molecular formula is C21H21N3O5S. The lowest BCUT2D eigenvalue weighted by atomic mass is 10.1. The number of aryl methyl sites for hydroxylation is 1. The molecule has 1 aliphatic rings. The van der Waals surface area contributed by atoms with Crippen LogP contribution in [0.3, 0.4) is 0 Å². The summed E-state index contributed by atoms with van der Waals surface area (Å²) in [6.07, 6.45) is 1.73. The van der Waals surface area contributed by atoms with Crippen LogP contribution in [0.1, 0.15) is 23.6 Å². The Kier molecular flexibility index (Phi) is 6.31. The van der Waals surface area contributed by atoms with Gasteiger partial charge in [0.25, 0.3) is 11.6 Å². The molecular weight excluding hydrogens is 406 g/mol. The van der Waals surface area contributed by atoms with Crippen LogP contribution < -0.4 is 14.8 Å². The molecule has 0 aromatic heterocycles. The number of carbonyl (C=O) groups is 1. The van der Waals surface area contributed by atoms with Crippen molar-refractivity contribution in [3.8, 4) is 11.5 Å². The number of benzene rings is 2. The lowest BCUT2D eigenvalue weighted by Gasteiger charge is -2.12. The van der Waals surface area contributed by atoms with Gasteiger partial charge < -0.3 is 14.8 Å². The number of hydrogen-bond donors (Lipinski definition) is 1. The maximum atomic E-state index is 12.4. The minimum atomic E-state index is -0.428. The largest absolute Gasteiger partial charge is 0.496 e. The fourth-order valence-corrected chi connectivity index (χ4v) is 3.43. The molecule has 2 aromatic carbocycles. The molecule has 0 spiro atoms. The highest BCUT2D eigenvalue weighted by molar-refractivity contribution is 7.80. The molecule has 0 unspecified atom stereocenters. The zero-order valence-electron chi connectivity index (χ0n) is 16.8. The number of nitro groups is 1. The predicted octanol–water partition coefficient (Wildman–Crippen LogP) is 3.57. The first-order valence-electron chi connectivity index (χ1n) is 9.23. The minimum absolute atomic E-state index is 0.0429. The van der Waals surface area contributed by atoms with Gasteiger partial charge in [0.15, 0.2) is 5.11 Å². The Hall–Kier alpha value is -3.46. The Morgan fingerprint density at radius 1 is 1.27 bits per heavy atom. The number of likely N-dealkylation sites (N-methyl/N-ethyl adjacent to an activating group) is 1. The van der Waals surface area contributed by atoms with E-state index in [-0.39, 0.29) is 18.2 Å². The van der Waals surface area contributed by atoms with Crippen LogP contribution in [0.25, 0.3) is 6.08 Å². The lowest BCUT2D eigenvalue weighted by Crippen LogP contribution is -2.30. The molecule has 1 amide bonds. The Labute approximate surface area is 179 Å². The second kappa shape index (κ2) is 8.91. The maximum Gasteiger partial charge on any atom is 0.276 e. The Bertz CT molecular complexity index is 1050. The standard InChI is InChI=1S/C21H21N3O5S/c1-4-23-20(25)17(22-21(23)30)11-14-5-8-19(28-3)15(10-14)12-29-16-6-7-18(24(26)27)13(2)9-16/h5-11H,4,12H2,1-3H3,(H,22,30)/b17-11+. The average Bonchev–Trinajstić information content (AvgIpc) is 2.98. The van der Waals surface area contributed by atoms with Crippen molar-refractivity contribution in [2.24, 2.45) is 0 Å². The van der Waals surface area contributed by atoms with E-state index in [4.69, 9.17) is 21.7 Å². The topological polar surface area (TPSA) is 93.9 Å². The molecule has 2 aromatic rings. The van der Waals surface area contributed by atoms with Crippen LogP contribution in [0.4, 0.5) is 5.69 Å². The zero-order valence-corrected chi connectivity index (χ0v) is 17.6. The molecule has 1 saturated heterocycles. The summed E-state index contributed by atoms with van der Waals surface area (Å²) in [6, 6.07) is 10.1. The van der Waals surface area contributed by atoms with Crippen LogP contribution in [-0.2, 0) is 11.4 Å². The second-order valence-electron chi connectivity index (χ2n) is 6.60. The first-order chi connectivity index (χ1) is 14.3. The first kappa shape index (κ1) is 21.3. The number of ether oxygens (including phenoxy) is 2. The number of nitrogens with one attached hydrogen (secondary N) is 1. The van der Waals surface area contributed by atoms with Crippen molar-refractivity contribution in [2.45, 2.75) is 20.5 Å². The minimum Gasteiger partial charge on any atom is -0.496 e. The van der Waals surface area contributed by atoms with Crippen molar-refractivity contribution < 1.29 is 19.2 Å². The maximum absolute atomic E-state index is 12.4. The van der Waals surface area contributed by atoms with Gasteiger partial charge in [-0.15, -0.1) is 0 Å². The molecule has 0 atom stereocenters. The molecule has 1 N–H and O–H groups in total. The van der Waals surface area contributed by atoms with Crippen LogP contribution in [0.15, 0.2) is 42.1 Å². The SMILES string of the molecule is CCN1C(=O)/C(=C\c2ccc(OC)c(COc3ccc([N+](=O)[O-])c(C)c3)c2)NC1=S. The monoisotopic (exact) mass is 427 g/mol. The van der Waals surface area contributed by atoms with Gasteiger partial charge in [-0.2, -0.15) is 0 Å². The number of methoxy groups -OCH3 is 1. The fourth-order valence-electron chi connectivity index (χ4n) is 3.11. The highest BCUT2D eigenvalue weighted by Gasteiger charge is 2.29. The third-order valence-electron chi connectivity index (χ3n) is 4.65. The highest BCUT2D eigenvalue weighted by atomic mass is 32.1. The molecule has 30 heavy (non-hydrogen) atoms. The van der Waals surface area contributed by atoms with Gasteiger partial charge >= 0.3 is 0 Å². The zero-order chi connectivity index (χ0) is 21.8. The van der Waals surface area contributed by atoms with Gasteiger partial charge in [0.1, 0.15) is 23.8 Å². The van der Waals surface area contributed by atoms with Crippen LogP contribution >= 0.6 is 12.2 Å². The summed E-state index contributed by atoms with van der Waals surface area (Å²) >= 11 is 5.18. The molecule has 9 heteroatoms. The van der Waals surface area contributed by atoms with Crippen LogP contribution in [0, 0.1) is 17.0 Å². The molecule has 1 heterocycles. The summed E-state index contributed by atoms with van der Waals surface area (Å²) in [7, 11) is 1.56. The fraction of sp³-hybridized carbons (Fsp3) is 0.238. The summed E-state index contributed by atoms with van der Waals surface area (Å²) in [5.74, 6) is 0.977. The molecule has 1 fully saturated rings. The van der Waals surface area contributed by atoms with Crippen LogP contribution in [0.2, 0.25) is 0 Å². The summed E-state index contributed by atoms with van der Waals surface area (Å²) < 4.78 is 11.2. The summed E-state index contributed by atoms with van der Waals surface area (Å²) in [5.41, 5.74) is 2.52. The highest BCUT2D eigenvalue weighted by Crippen LogP contribution is 2.27. The number of hydrogen-bond acceptors (Lipinski definition) is 6. The number of thiocarbonyl (C=S) groups is 1. The van der Waals surface area contributed by atoms with E-state index in [0.29, 0.717) is 34.4 Å². The third kappa shape index (κ3) is 4.41. The average molecular weight is 427 g/mol. The van der Waals surface area contributed by atoms with Gasteiger partial charge in [-0.25, -0.2) is 0 Å². The van der Waals surface area contributed by atoms with E-state index in [1.807, 2.05) is 19.1 Å². The van der Waals surface area contributed by atoms with Crippen molar-refractivity contribution in [3.05, 3.63) is 68.9 Å². The Balaban J connectivity index is 1.81. The van der Waals surface area contributed by atoms with Crippen molar-refractivity contribution in [2.75, 3.05) is 13.7 Å². The molecule has 0 aliphatic carbocycles. The summed E-state index contributed by atoms with van der Waals surface area (Å²) in [5, 5.41) is 14.3. The molecule has 0 saturated carbocycles. The van der Waals surface area contributed by atoms with E-state index in [0.717, 1.165) is 11.1 Å². The Morgan fingerprint density at radius 3 is 2.63 bits per heavy atom. The number of amides is 1. The van der Waals surface area contributed by atoms with Gasteiger partial charge in [0.2, 0.25) is 0 Å². The second-order valence-corrected chi connectivity index (χ2v) is 6.99.